The zero-order valence-electron chi connectivity index (χ0n) is 17.0. The summed E-state index contributed by atoms with van der Waals surface area (Å²) >= 11 is 0. The molecule has 2 aromatic carbocycles. The zero-order valence-corrected chi connectivity index (χ0v) is 17.0. The van der Waals surface area contributed by atoms with Gasteiger partial charge in [0.05, 0.1) is 22.7 Å². The number of phenols is 1. The normalized spacial score (nSPS) is 21.7. The Morgan fingerprint density at radius 3 is 2.58 bits per heavy atom. The summed E-state index contributed by atoms with van der Waals surface area (Å²) < 4.78 is 5.87. The monoisotopic (exact) mass is 427 g/mol. The van der Waals surface area contributed by atoms with Crippen molar-refractivity contribution in [2.45, 2.75) is 6.54 Å². The Kier molecular flexibility index (Phi) is 5.99. The molecule has 0 spiro atoms. The average molecular weight is 427 g/mol. The second kappa shape index (κ2) is 8.84. The van der Waals surface area contributed by atoms with Crippen LogP contribution in [0.25, 0.3) is 6.08 Å². The molecule has 162 valence electrons. The molecule has 4 rings (SSSR count). The van der Waals surface area contributed by atoms with Gasteiger partial charge in [-0.25, -0.2) is 0 Å². The number of hydrogen-bond acceptors (Lipinski definition) is 6. The molecule has 0 aliphatic carbocycles. The predicted octanol–water partition coefficient (Wildman–Crippen LogP) is -0.808. The highest BCUT2D eigenvalue weighted by Gasteiger charge is 2.33. The Bertz CT molecular complexity index is 1040. The maximum Gasteiger partial charge on any atom is 0.270 e. The summed E-state index contributed by atoms with van der Waals surface area (Å²) in [4.78, 5) is 26.0. The Labute approximate surface area is 178 Å². The van der Waals surface area contributed by atoms with Crippen LogP contribution in [0.3, 0.4) is 0 Å². The average Bonchev–Trinajstić information content (AvgIpc) is 3.07. The van der Waals surface area contributed by atoms with Gasteiger partial charge in [0, 0.05) is 12.1 Å². The van der Waals surface area contributed by atoms with E-state index >= 15 is 0 Å². The molecule has 0 unspecified atom stereocenters. The highest BCUT2D eigenvalue weighted by atomic mass is 16.6. The Hall–Kier alpha value is -3.27. The first-order valence-electron chi connectivity index (χ1n) is 10.3. The number of non-ortho nitro benzene ring substituents is 1. The smallest absolute Gasteiger partial charge is 0.270 e. The van der Waals surface area contributed by atoms with Crippen LogP contribution in [0.2, 0.25) is 0 Å². The highest BCUT2D eigenvalue weighted by Crippen LogP contribution is 2.39. The van der Waals surface area contributed by atoms with E-state index in [9.17, 15) is 20.0 Å². The number of nitro groups is 1. The van der Waals surface area contributed by atoms with E-state index in [2.05, 4.69) is 0 Å². The van der Waals surface area contributed by atoms with Crippen LogP contribution in [-0.2, 0) is 6.54 Å². The number of fused-ring (bicyclic) bond motifs is 1. The van der Waals surface area contributed by atoms with Gasteiger partial charge in [-0.2, -0.15) is 0 Å². The number of carbonyl (C=O) groups is 1. The van der Waals surface area contributed by atoms with E-state index in [-0.39, 0.29) is 29.6 Å². The molecule has 1 fully saturated rings. The van der Waals surface area contributed by atoms with Gasteiger partial charge in [-0.15, -0.1) is 0 Å². The number of nitrogens with one attached hydrogen (secondary N) is 2. The van der Waals surface area contributed by atoms with Gasteiger partial charge in [0.2, 0.25) is 5.78 Å². The number of hydrogen-bond donors (Lipinski definition) is 4. The van der Waals surface area contributed by atoms with Crippen molar-refractivity contribution in [1.29, 1.82) is 0 Å². The SMILES string of the molecule is O=C1/C(=C/c2cccc([N+](=O)[O-])c2)Oc2c1ccc(O)c2C[NH+]1CC[NH+](CCO)CC1. The van der Waals surface area contributed by atoms with E-state index in [0.717, 1.165) is 32.7 Å². The number of phenolic OH excluding ortho intramolecular Hbond substituents is 1. The van der Waals surface area contributed by atoms with Crippen molar-refractivity contribution in [3.8, 4) is 11.5 Å². The third-order valence-corrected chi connectivity index (χ3v) is 5.85. The first kappa shape index (κ1) is 21.0. The minimum atomic E-state index is -0.491. The summed E-state index contributed by atoms with van der Waals surface area (Å²) in [5, 5.41) is 30.6. The fraction of sp³-hybridized carbons (Fsp3) is 0.318. The molecule has 0 aromatic heterocycles. The summed E-state index contributed by atoms with van der Waals surface area (Å²) in [5.41, 5.74) is 1.40. The van der Waals surface area contributed by atoms with Gasteiger partial charge in [-0.05, 0) is 23.8 Å². The van der Waals surface area contributed by atoms with Crippen molar-refractivity contribution in [2.75, 3.05) is 39.3 Å². The van der Waals surface area contributed by atoms with Gasteiger partial charge in [-0.3, -0.25) is 14.9 Å². The summed E-state index contributed by atoms with van der Waals surface area (Å²) in [6, 6.07) is 9.03. The van der Waals surface area contributed by atoms with Crippen LogP contribution >= 0.6 is 0 Å². The topological polar surface area (TPSA) is 119 Å². The lowest BCUT2D eigenvalue weighted by molar-refractivity contribution is -1.02. The van der Waals surface area contributed by atoms with Crippen LogP contribution in [0.5, 0.6) is 11.5 Å². The lowest BCUT2D eigenvalue weighted by Gasteiger charge is -2.29. The number of piperazine rings is 1. The van der Waals surface area contributed by atoms with Crippen LogP contribution in [0, 0.1) is 10.1 Å². The van der Waals surface area contributed by atoms with E-state index in [1.165, 1.54) is 34.1 Å². The number of ketones is 1. The summed E-state index contributed by atoms with van der Waals surface area (Å²) in [5.74, 6) is 0.213. The zero-order chi connectivity index (χ0) is 22.0. The molecule has 9 nitrogen and oxygen atoms in total. The molecule has 0 radical (unpaired) electrons. The molecule has 2 aliphatic heterocycles. The minimum Gasteiger partial charge on any atom is -0.507 e. The van der Waals surface area contributed by atoms with E-state index in [1.807, 2.05) is 0 Å². The number of ether oxygens (including phenoxy) is 1. The number of benzene rings is 2. The van der Waals surface area contributed by atoms with Gasteiger partial charge in [-0.1, -0.05) is 12.1 Å². The first-order chi connectivity index (χ1) is 15.0. The van der Waals surface area contributed by atoms with Crippen molar-refractivity contribution in [2.24, 2.45) is 0 Å². The highest BCUT2D eigenvalue weighted by molar-refractivity contribution is 6.15. The fourth-order valence-electron chi connectivity index (χ4n) is 4.14. The van der Waals surface area contributed by atoms with Crippen molar-refractivity contribution < 1.29 is 34.5 Å². The number of aliphatic hydroxyl groups is 1. The second-order valence-electron chi connectivity index (χ2n) is 7.88. The van der Waals surface area contributed by atoms with Crippen LogP contribution in [-0.4, -0.2) is 60.3 Å². The molecule has 0 amide bonds. The Balaban J connectivity index is 1.56. The molecule has 2 heterocycles. The van der Waals surface area contributed by atoms with Gasteiger partial charge >= 0.3 is 0 Å². The quantitative estimate of drug-likeness (QED) is 0.272. The molecule has 0 atom stereocenters. The van der Waals surface area contributed by atoms with Crippen molar-refractivity contribution in [3.63, 3.8) is 0 Å². The lowest BCUT2D eigenvalue weighted by Crippen LogP contribution is -3.27. The molecule has 1 saturated heterocycles. The summed E-state index contributed by atoms with van der Waals surface area (Å²) in [6.45, 7) is 5.09. The summed E-state index contributed by atoms with van der Waals surface area (Å²) in [7, 11) is 0. The molecule has 2 aliphatic rings. The van der Waals surface area contributed by atoms with Crippen molar-refractivity contribution in [1.82, 2.24) is 0 Å². The van der Waals surface area contributed by atoms with E-state index in [1.54, 1.807) is 18.2 Å². The number of nitrogens with zero attached hydrogens (tertiary/aromatic N) is 1. The van der Waals surface area contributed by atoms with Gasteiger partial charge in [0.15, 0.2) is 11.5 Å². The van der Waals surface area contributed by atoms with Gasteiger partial charge in [0.25, 0.3) is 5.69 Å². The third kappa shape index (κ3) is 4.43. The number of aliphatic hydroxyl groups excluding tert-OH is 1. The number of rotatable bonds is 6. The van der Waals surface area contributed by atoms with Crippen molar-refractivity contribution in [3.05, 3.63) is 69.0 Å². The van der Waals surface area contributed by atoms with E-state index < -0.39 is 4.92 Å². The molecular formula is C22H25N3O6+2. The third-order valence-electron chi connectivity index (χ3n) is 5.85. The molecule has 9 heteroatoms. The number of carbonyl (C=O) groups excluding carboxylic acids is 1. The maximum absolute atomic E-state index is 12.8. The standard InChI is InChI=1S/C22H23N3O6/c26-11-10-23-6-8-24(9-7-23)14-18-19(27)5-4-17-21(28)20(31-22(17)18)13-15-2-1-3-16(12-15)25(29)30/h1-5,12-13,26-27H,6-11,14H2/p+2/b20-13-. The van der Waals surface area contributed by atoms with E-state index in [0.29, 0.717) is 29.0 Å². The molecule has 0 bridgehead atoms. The predicted molar refractivity (Wildman–Crippen MR) is 111 cm³/mol. The molecular weight excluding hydrogens is 402 g/mol. The maximum atomic E-state index is 12.8. The first-order valence-corrected chi connectivity index (χ1v) is 10.3. The second-order valence-corrected chi connectivity index (χ2v) is 7.88. The van der Waals surface area contributed by atoms with Crippen LogP contribution in [0.1, 0.15) is 21.5 Å². The number of aromatic hydroxyl groups is 1. The Morgan fingerprint density at radius 1 is 1.13 bits per heavy atom. The lowest BCUT2D eigenvalue weighted by atomic mass is 10.0. The number of Topliss-reactive ketones (excluding diaryl/α,β-unsaturated/α-hetero) is 1. The van der Waals surface area contributed by atoms with Gasteiger partial charge < -0.3 is 24.7 Å². The number of nitro benzene ring substituents is 1. The molecule has 2 aromatic rings. The molecule has 31 heavy (non-hydrogen) atoms. The fourth-order valence-corrected chi connectivity index (χ4v) is 4.14. The largest absolute Gasteiger partial charge is 0.507 e. The minimum absolute atomic E-state index is 0.0679. The number of quaternary nitrogens is 2. The van der Waals surface area contributed by atoms with Gasteiger partial charge in [0.1, 0.15) is 45.0 Å². The number of allylic oxidation sites excluding steroid dienone is 1. The van der Waals surface area contributed by atoms with E-state index in [4.69, 9.17) is 9.84 Å². The summed E-state index contributed by atoms with van der Waals surface area (Å²) in [6.07, 6.45) is 1.49. The van der Waals surface area contributed by atoms with Crippen LogP contribution in [0.4, 0.5) is 5.69 Å². The van der Waals surface area contributed by atoms with Crippen molar-refractivity contribution >= 4 is 17.5 Å². The Morgan fingerprint density at radius 2 is 1.87 bits per heavy atom. The van der Waals surface area contributed by atoms with Crippen LogP contribution < -0.4 is 14.5 Å². The molecule has 0 saturated carbocycles. The molecule has 4 N–H and O–H groups in total. The van der Waals surface area contributed by atoms with Crippen LogP contribution in [0.15, 0.2) is 42.2 Å².